The highest BCUT2D eigenvalue weighted by Gasteiger charge is 1.99. The lowest BCUT2D eigenvalue weighted by Crippen LogP contribution is -2.33. The predicted octanol–water partition coefficient (Wildman–Crippen LogP) is 3.15. The number of rotatable bonds is 5. The molecule has 6 heteroatoms. The zero-order valence-electron chi connectivity index (χ0n) is 10.9. The Balaban J connectivity index is 0.00000200. The summed E-state index contributed by atoms with van der Waals surface area (Å²) in [6.45, 7) is 0.984. The zero-order valence-corrected chi connectivity index (χ0v) is 14.0. The van der Waals surface area contributed by atoms with Crippen LogP contribution in [0.5, 0.6) is 0 Å². The van der Waals surface area contributed by atoms with Crippen molar-refractivity contribution in [1.82, 2.24) is 5.32 Å². The molecule has 0 amide bonds. The Bertz CT molecular complexity index is 543. The summed E-state index contributed by atoms with van der Waals surface area (Å²) >= 11 is 1.72. The Morgan fingerprint density at radius 2 is 2.05 bits per heavy atom. The summed E-state index contributed by atoms with van der Waals surface area (Å²) in [7, 11) is 0. The molecule has 0 unspecified atom stereocenters. The molecule has 1 aromatic heterocycles. The summed E-state index contributed by atoms with van der Waals surface area (Å²) in [4.78, 5) is 5.42. The molecule has 1 heterocycles. The van der Waals surface area contributed by atoms with E-state index in [2.05, 4.69) is 16.4 Å². The van der Waals surface area contributed by atoms with Crippen LogP contribution in [-0.4, -0.2) is 12.5 Å². The molecule has 0 aliphatic carbocycles. The fraction of sp³-hybridized carbons (Fsp3) is 0.214. The fourth-order valence-corrected chi connectivity index (χ4v) is 2.33. The summed E-state index contributed by atoms with van der Waals surface area (Å²) in [5, 5.41) is 5.07. The SMILES string of the molecule is I.NC(=NCc1ccccc1F)NCCc1cccs1. The summed E-state index contributed by atoms with van der Waals surface area (Å²) in [5.41, 5.74) is 6.28. The Labute approximate surface area is 139 Å². The molecule has 3 N–H and O–H groups in total. The Morgan fingerprint density at radius 3 is 2.75 bits per heavy atom. The standard InChI is InChI=1S/C14H16FN3S.HI/c15-13-6-2-1-4-11(13)10-18-14(16)17-8-7-12-5-3-9-19-12;/h1-6,9H,7-8,10H2,(H3,16,17,18);1H. The van der Waals surface area contributed by atoms with Crippen LogP contribution in [0.15, 0.2) is 46.8 Å². The van der Waals surface area contributed by atoms with Crippen molar-refractivity contribution < 1.29 is 4.39 Å². The number of nitrogens with one attached hydrogen (secondary N) is 1. The van der Waals surface area contributed by atoms with Crippen LogP contribution < -0.4 is 11.1 Å². The Hall–Kier alpha value is -1.15. The molecular weight excluding hydrogens is 388 g/mol. The summed E-state index contributed by atoms with van der Waals surface area (Å²) < 4.78 is 13.3. The Kier molecular flexibility index (Phi) is 7.53. The first kappa shape index (κ1) is 16.9. The van der Waals surface area contributed by atoms with Gasteiger partial charge >= 0.3 is 0 Å². The first-order valence-corrected chi connectivity index (χ1v) is 6.93. The molecule has 1 aromatic carbocycles. The van der Waals surface area contributed by atoms with Crippen molar-refractivity contribution in [3.05, 3.63) is 58.0 Å². The molecular formula is C14H17FIN3S. The van der Waals surface area contributed by atoms with E-state index in [0.717, 1.165) is 13.0 Å². The van der Waals surface area contributed by atoms with Gasteiger partial charge < -0.3 is 11.1 Å². The van der Waals surface area contributed by atoms with Gasteiger partial charge in [-0.3, -0.25) is 0 Å². The smallest absolute Gasteiger partial charge is 0.188 e. The number of guanidine groups is 1. The lowest BCUT2D eigenvalue weighted by molar-refractivity contribution is 0.610. The average Bonchev–Trinajstić information content (AvgIpc) is 2.91. The molecule has 0 atom stereocenters. The molecule has 108 valence electrons. The maximum Gasteiger partial charge on any atom is 0.188 e. The predicted molar refractivity (Wildman–Crippen MR) is 93.2 cm³/mol. The zero-order chi connectivity index (χ0) is 13.5. The van der Waals surface area contributed by atoms with Crippen molar-refractivity contribution >= 4 is 41.3 Å². The largest absolute Gasteiger partial charge is 0.370 e. The van der Waals surface area contributed by atoms with Gasteiger partial charge in [0.15, 0.2) is 5.96 Å². The van der Waals surface area contributed by atoms with Crippen molar-refractivity contribution in [3.8, 4) is 0 Å². The number of thiophene rings is 1. The van der Waals surface area contributed by atoms with Gasteiger partial charge in [-0.05, 0) is 23.9 Å². The summed E-state index contributed by atoms with van der Waals surface area (Å²) in [5.74, 6) is 0.0949. The lowest BCUT2D eigenvalue weighted by atomic mass is 10.2. The highest BCUT2D eigenvalue weighted by atomic mass is 127. The third kappa shape index (κ3) is 5.46. The molecule has 0 spiro atoms. The van der Waals surface area contributed by atoms with Crippen LogP contribution in [0.4, 0.5) is 4.39 Å². The first-order chi connectivity index (χ1) is 9.25. The number of hydrogen-bond acceptors (Lipinski definition) is 2. The van der Waals surface area contributed by atoms with Crippen molar-refractivity contribution in [2.75, 3.05) is 6.54 Å². The van der Waals surface area contributed by atoms with Gasteiger partial charge in [0.1, 0.15) is 5.82 Å². The van der Waals surface area contributed by atoms with Gasteiger partial charge in [0.25, 0.3) is 0 Å². The van der Waals surface area contributed by atoms with E-state index in [0.29, 0.717) is 11.5 Å². The van der Waals surface area contributed by atoms with Gasteiger partial charge in [-0.2, -0.15) is 0 Å². The average molecular weight is 405 g/mol. The van der Waals surface area contributed by atoms with E-state index in [-0.39, 0.29) is 36.3 Å². The molecule has 20 heavy (non-hydrogen) atoms. The lowest BCUT2D eigenvalue weighted by Gasteiger charge is -2.05. The van der Waals surface area contributed by atoms with Crippen LogP contribution in [0.2, 0.25) is 0 Å². The van der Waals surface area contributed by atoms with Crippen LogP contribution in [0.1, 0.15) is 10.4 Å². The molecule has 0 radical (unpaired) electrons. The third-order valence-electron chi connectivity index (χ3n) is 2.64. The summed E-state index contributed by atoms with van der Waals surface area (Å²) in [6, 6.07) is 10.7. The monoisotopic (exact) mass is 405 g/mol. The molecule has 2 aromatic rings. The van der Waals surface area contributed by atoms with Crippen LogP contribution >= 0.6 is 35.3 Å². The maximum absolute atomic E-state index is 13.3. The molecule has 0 aliphatic rings. The van der Waals surface area contributed by atoms with E-state index >= 15 is 0 Å². The number of nitrogens with zero attached hydrogens (tertiary/aromatic N) is 1. The van der Waals surface area contributed by atoms with E-state index < -0.39 is 0 Å². The van der Waals surface area contributed by atoms with Crippen molar-refractivity contribution in [3.63, 3.8) is 0 Å². The molecule has 0 bridgehead atoms. The topological polar surface area (TPSA) is 50.4 Å². The second kappa shape index (κ2) is 8.91. The van der Waals surface area contributed by atoms with E-state index in [4.69, 9.17) is 5.73 Å². The number of halogens is 2. The minimum absolute atomic E-state index is 0. The van der Waals surface area contributed by atoms with E-state index in [9.17, 15) is 4.39 Å². The van der Waals surface area contributed by atoms with Crippen molar-refractivity contribution in [2.24, 2.45) is 10.7 Å². The van der Waals surface area contributed by atoms with Crippen molar-refractivity contribution in [1.29, 1.82) is 0 Å². The van der Waals surface area contributed by atoms with Gasteiger partial charge in [-0.1, -0.05) is 24.3 Å². The second-order valence-electron chi connectivity index (χ2n) is 4.05. The second-order valence-corrected chi connectivity index (χ2v) is 5.08. The third-order valence-corrected chi connectivity index (χ3v) is 3.57. The van der Waals surface area contributed by atoms with Gasteiger partial charge in [0, 0.05) is 17.0 Å². The molecule has 0 aliphatic heterocycles. The molecule has 3 nitrogen and oxygen atoms in total. The minimum Gasteiger partial charge on any atom is -0.370 e. The number of hydrogen-bond donors (Lipinski definition) is 2. The maximum atomic E-state index is 13.3. The molecule has 0 saturated heterocycles. The van der Waals surface area contributed by atoms with E-state index in [1.54, 1.807) is 29.5 Å². The Morgan fingerprint density at radius 1 is 1.25 bits per heavy atom. The van der Waals surface area contributed by atoms with Crippen LogP contribution in [-0.2, 0) is 13.0 Å². The van der Waals surface area contributed by atoms with Gasteiger partial charge in [0.05, 0.1) is 6.54 Å². The molecule has 0 saturated carbocycles. The van der Waals surface area contributed by atoms with Crippen LogP contribution in [0.3, 0.4) is 0 Å². The first-order valence-electron chi connectivity index (χ1n) is 6.05. The van der Waals surface area contributed by atoms with E-state index in [1.807, 2.05) is 11.4 Å². The van der Waals surface area contributed by atoms with Gasteiger partial charge in [0.2, 0.25) is 0 Å². The number of nitrogens with two attached hydrogens (primary N) is 1. The van der Waals surface area contributed by atoms with E-state index in [1.165, 1.54) is 10.9 Å². The molecule has 2 rings (SSSR count). The quantitative estimate of drug-likeness (QED) is 0.456. The van der Waals surface area contributed by atoms with Crippen molar-refractivity contribution in [2.45, 2.75) is 13.0 Å². The number of benzene rings is 1. The highest BCUT2D eigenvalue weighted by molar-refractivity contribution is 14.0. The number of aliphatic imine (C=N–C) groups is 1. The highest BCUT2D eigenvalue weighted by Crippen LogP contribution is 2.08. The minimum atomic E-state index is -0.252. The summed E-state index contributed by atoms with van der Waals surface area (Å²) in [6.07, 6.45) is 0.910. The normalized spacial score (nSPS) is 10.9. The van der Waals surface area contributed by atoms with Gasteiger partial charge in [-0.25, -0.2) is 9.38 Å². The van der Waals surface area contributed by atoms with Gasteiger partial charge in [-0.15, -0.1) is 35.3 Å². The molecule has 0 fully saturated rings. The van der Waals surface area contributed by atoms with Crippen LogP contribution in [0.25, 0.3) is 0 Å². The fourth-order valence-electron chi connectivity index (χ4n) is 1.62. The van der Waals surface area contributed by atoms with Crippen LogP contribution in [0, 0.1) is 5.82 Å².